The molecule has 0 unspecified atom stereocenters. The minimum Gasteiger partial charge on any atom is -0.465 e. The summed E-state index contributed by atoms with van der Waals surface area (Å²) in [5.41, 5.74) is 2.84. The number of rotatable bonds is 4. The molecule has 0 fully saturated rings. The van der Waals surface area contributed by atoms with Crippen LogP contribution in [0.25, 0.3) is 22.4 Å². The Labute approximate surface area is 160 Å². The summed E-state index contributed by atoms with van der Waals surface area (Å²) in [5, 5.41) is 11.5. The number of methoxy groups -OCH3 is 1. The highest BCUT2D eigenvalue weighted by molar-refractivity contribution is 5.93. The molecule has 4 aromatic rings. The number of hydrogen-bond donors (Lipinski definition) is 0. The van der Waals surface area contributed by atoms with Crippen LogP contribution in [-0.4, -0.2) is 38.2 Å². The van der Waals surface area contributed by atoms with Crippen LogP contribution in [0.2, 0.25) is 0 Å². The van der Waals surface area contributed by atoms with E-state index in [1.807, 2.05) is 0 Å². The van der Waals surface area contributed by atoms with Gasteiger partial charge in [0.25, 0.3) is 0 Å². The van der Waals surface area contributed by atoms with Crippen molar-refractivity contribution in [3.05, 3.63) is 59.5 Å². The maximum absolute atomic E-state index is 12.6. The number of halogens is 3. The number of nitrogens with zero attached hydrogens (tertiary/aromatic N) is 5. The average Bonchev–Trinajstić information content (AvgIpc) is 3.35. The molecule has 29 heavy (non-hydrogen) atoms. The molecule has 0 aliphatic heterocycles. The van der Waals surface area contributed by atoms with Crippen molar-refractivity contribution in [3.63, 3.8) is 0 Å². The van der Waals surface area contributed by atoms with Crippen molar-refractivity contribution < 1.29 is 27.2 Å². The molecule has 0 aliphatic carbocycles. The Kier molecular flexibility index (Phi) is 4.49. The van der Waals surface area contributed by atoms with E-state index in [9.17, 15) is 18.0 Å². The summed E-state index contributed by atoms with van der Waals surface area (Å²) in [5.74, 6) is -2.01. The molecule has 148 valence electrons. The van der Waals surface area contributed by atoms with Gasteiger partial charge in [-0.2, -0.15) is 18.2 Å². The van der Waals surface area contributed by atoms with E-state index >= 15 is 0 Å². The van der Waals surface area contributed by atoms with E-state index in [0.717, 1.165) is 11.1 Å². The SMILES string of the molecule is COC(=O)c1ccc2c(c1)nnn2Cc1ccc(-c2noc(C(F)(F)F)n2)cc1. The summed E-state index contributed by atoms with van der Waals surface area (Å²) in [6, 6.07) is 11.5. The van der Waals surface area contributed by atoms with E-state index in [4.69, 9.17) is 0 Å². The predicted octanol–water partition coefficient (Wildman–Crippen LogP) is 3.34. The molecule has 2 aromatic heterocycles. The van der Waals surface area contributed by atoms with Gasteiger partial charge in [-0.25, -0.2) is 9.48 Å². The van der Waals surface area contributed by atoms with Crippen LogP contribution in [0.5, 0.6) is 0 Å². The first-order valence-electron chi connectivity index (χ1n) is 8.27. The number of hydrogen-bond acceptors (Lipinski definition) is 7. The van der Waals surface area contributed by atoms with E-state index in [-0.39, 0.29) is 5.82 Å². The largest absolute Gasteiger partial charge is 0.471 e. The third kappa shape index (κ3) is 3.66. The molecule has 2 aromatic carbocycles. The lowest BCUT2D eigenvalue weighted by atomic mass is 10.1. The van der Waals surface area contributed by atoms with Crippen LogP contribution >= 0.6 is 0 Å². The lowest BCUT2D eigenvalue weighted by Crippen LogP contribution is -2.04. The third-order valence-electron chi connectivity index (χ3n) is 4.15. The van der Waals surface area contributed by atoms with E-state index in [2.05, 4.69) is 29.7 Å². The topological polar surface area (TPSA) is 95.9 Å². The van der Waals surface area contributed by atoms with Crippen LogP contribution in [0.15, 0.2) is 47.0 Å². The van der Waals surface area contributed by atoms with Gasteiger partial charge in [-0.1, -0.05) is 34.6 Å². The molecule has 0 amide bonds. The maximum Gasteiger partial charge on any atom is 0.471 e. The molecule has 0 saturated heterocycles. The van der Waals surface area contributed by atoms with Gasteiger partial charge >= 0.3 is 18.0 Å². The third-order valence-corrected chi connectivity index (χ3v) is 4.15. The Hall–Kier alpha value is -3.76. The molecule has 0 N–H and O–H groups in total. The first kappa shape index (κ1) is 18.6. The molecule has 4 rings (SSSR count). The van der Waals surface area contributed by atoms with Crippen molar-refractivity contribution in [2.75, 3.05) is 7.11 Å². The van der Waals surface area contributed by atoms with Crippen LogP contribution < -0.4 is 0 Å². The lowest BCUT2D eigenvalue weighted by molar-refractivity contribution is -0.159. The molecule has 2 heterocycles. The van der Waals surface area contributed by atoms with Gasteiger partial charge in [0.1, 0.15) is 5.52 Å². The van der Waals surface area contributed by atoms with Crippen molar-refractivity contribution in [1.29, 1.82) is 0 Å². The van der Waals surface area contributed by atoms with E-state index in [1.165, 1.54) is 7.11 Å². The Morgan fingerprint density at radius 3 is 2.59 bits per heavy atom. The second-order valence-electron chi connectivity index (χ2n) is 6.06. The van der Waals surface area contributed by atoms with E-state index < -0.39 is 18.0 Å². The van der Waals surface area contributed by atoms with Crippen molar-refractivity contribution in [3.8, 4) is 11.4 Å². The van der Waals surface area contributed by atoms with Gasteiger partial charge in [-0.05, 0) is 23.8 Å². The Morgan fingerprint density at radius 1 is 1.17 bits per heavy atom. The zero-order valence-electron chi connectivity index (χ0n) is 14.8. The maximum atomic E-state index is 12.6. The summed E-state index contributed by atoms with van der Waals surface area (Å²) in [4.78, 5) is 15.0. The number of ether oxygens (including phenoxy) is 1. The highest BCUT2D eigenvalue weighted by Crippen LogP contribution is 2.29. The number of alkyl halides is 3. The van der Waals surface area contributed by atoms with Crippen LogP contribution in [0.1, 0.15) is 21.8 Å². The fraction of sp³-hybridized carbons (Fsp3) is 0.167. The zero-order valence-corrected chi connectivity index (χ0v) is 14.8. The predicted molar refractivity (Wildman–Crippen MR) is 92.7 cm³/mol. The van der Waals surface area contributed by atoms with Gasteiger partial charge in [0, 0.05) is 5.56 Å². The standard InChI is InChI=1S/C18H12F3N5O3/c1-28-16(27)12-6-7-14-13(8-12)23-25-26(14)9-10-2-4-11(5-3-10)15-22-17(29-24-15)18(19,20)21/h2-8H,9H2,1H3. The fourth-order valence-electron chi connectivity index (χ4n) is 2.72. The monoisotopic (exact) mass is 403 g/mol. The van der Waals surface area contributed by atoms with E-state index in [0.29, 0.717) is 23.2 Å². The number of carbonyl (C=O) groups is 1. The van der Waals surface area contributed by atoms with Gasteiger partial charge in [-0.15, -0.1) is 5.10 Å². The quantitative estimate of drug-likeness (QED) is 0.482. The molecular formula is C18H12F3N5O3. The average molecular weight is 403 g/mol. The lowest BCUT2D eigenvalue weighted by Gasteiger charge is -2.04. The van der Waals surface area contributed by atoms with Crippen molar-refractivity contribution in [1.82, 2.24) is 25.1 Å². The minimum atomic E-state index is -4.69. The second-order valence-corrected chi connectivity index (χ2v) is 6.06. The normalized spacial score (nSPS) is 11.7. The summed E-state index contributed by atoms with van der Waals surface area (Å²) in [7, 11) is 1.30. The van der Waals surface area contributed by atoms with Gasteiger partial charge in [0.05, 0.1) is 24.7 Å². The fourth-order valence-corrected chi connectivity index (χ4v) is 2.72. The Balaban J connectivity index is 1.54. The number of aromatic nitrogens is 5. The molecule has 0 saturated carbocycles. The van der Waals surface area contributed by atoms with Crippen LogP contribution in [0.4, 0.5) is 13.2 Å². The number of esters is 1. The first-order chi connectivity index (χ1) is 13.8. The second kappa shape index (κ2) is 7.00. The summed E-state index contributed by atoms with van der Waals surface area (Å²) < 4.78 is 48.3. The summed E-state index contributed by atoms with van der Waals surface area (Å²) in [6.07, 6.45) is -4.69. The van der Waals surface area contributed by atoms with Gasteiger partial charge in [0.2, 0.25) is 5.82 Å². The Bertz CT molecular complexity index is 1180. The number of benzene rings is 2. The molecule has 0 spiro atoms. The molecule has 0 aliphatic rings. The van der Waals surface area contributed by atoms with Crippen LogP contribution in [0.3, 0.4) is 0 Å². The Morgan fingerprint density at radius 2 is 1.93 bits per heavy atom. The minimum absolute atomic E-state index is 0.148. The first-order valence-corrected chi connectivity index (χ1v) is 8.27. The van der Waals surface area contributed by atoms with Gasteiger partial charge in [0.15, 0.2) is 0 Å². The number of carbonyl (C=O) groups excluding carboxylic acids is 1. The molecule has 8 nitrogen and oxygen atoms in total. The highest BCUT2D eigenvalue weighted by atomic mass is 19.4. The van der Waals surface area contributed by atoms with Crippen LogP contribution in [0, 0.1) is 0 Å². The molecule has 0 atom stereocenters. The van der Waals surface area contributed by atoms with Gasteiger partial charge in [-0.3, -0.25) is 0 Å². The van der Waals surface area contributed by atoms with Crippen molar-refractivity contribution in [2.24, 2.45) is 0 Å². The number of fused-ring (bicyclic) bond motifs is 1. The molecule has 0 radical (unpaired) electrons. The van der Waals surface area contributed by atoms with Crippen molar-refractivity contribution >= 4 is 17.0 Å². The smallest absolute Gasteiger partial charge is 0.465 e. The van der Waals surface area contributed by atoms with Crippen LogP contribution in [-0.2, 0) is 17.5 Å². The summed E-state index contributed by atoms with van der Waals surface area (Å²) in [6.45, 7) is 0.369. The summed E-state index contributed by atoms with van der Waals surface area (Å²) >= 11 is 0. The van der Waals surface area contributed by atoms with E-state index in [1.54, 1.807) is 47.1 Å². The molecule has 11 heteroatoms. The highest BCUT2D eigenvalue weighted by Gasteiger charge is 2.38. The van der Waals surface area contributed by atoms with Crippen molar-refractivity contribution in [2.45, 2.75) is 12.7 Å². The van der Waals surface area contributed by atoms with Gasteiger partial charge < -0.3 is 9.26 Å². The zero-order chi connectivity index (χ0) is 20.6. The molecular weight excluding hydrogens is 391 g/mol. The molecule has 0 bridgehead atoms.